The molecule has 0 spiro atoms. The molecule has 22 heavy (non-hydrogen) atoms. The first-order chi connectivity index (χ1) is 10.4. The maximum Gasteiger partial charge on any atom is 0.155 e. The fraction of sp³-hybridized carbons (Fsp3) is 0.800. The Morgan fingerprint density at radius 2 is 1.95 bits per heavy atom. The molecule has 0 heterocycles. The Morgan fingerprint density at radius 1 is 1.18 bits per heavy atom. The van der Waals surface area contributed by atoms with Crippen LogP contribution in [0.3, 0.4) is 0 Å². The van der Waals surface area contributed by atoms with E-state index in [1.54, 1.807) is 0 Å². The number of aliphatic hydroxyl groups excluding tert-OH is 1. The lowest BCUT2D eigenvalue weighted by Crippen LogP contribution is -2.53. The summed E-state index contributed by atoms with van der Waals surface area (Å²) >= 11 is 0. The molecule has 7 atom stereocenters. The Hall–Kier alpha value is -0.630. The molecule has 0 bridgehead atoms. The molecule has 3 fully saturated rings. The third-order valence-electron chi connectivity index (χ3n) is 8.23. The van der Waals surface area contributed by atoms with Gasteiger partial charge in [0, 0.05) is 6.42 Å². The second kappa shape index (κ2) is 4.69. The first-order valence-corrected chi connectivity index (χ1v) is 9.12. The van der Waals surface area contributed by atoms with Crippen LogP contribution in [0.15, 0.2) is 11.6 Å². The lowest BCUT2D eigenvalue weighted by Gasteiger charge is -2.59. The smallest absolute Gasteiger partial charge is 0.155 e. The average Bonchev–Trinajstić information content (AvgIpc) is 2.77. The molecule has 1 radical (unpaired) electrons. The van der Waals surface area contributed by atoms with Crippen LogP contribution in [-0.2, 0) is 4.79 Å². The molecule has 1 N–H and O–H groups in total. The Morgan fingerprint density at radius 3 is 2.73 bits per heavy atom. The summed E-state index contributed by atoms with van der Waals surface area (Å²) in [4.78, 5) is 12.0. The highest BCUT2D eigenvalue weighted by Gasteiger charge is 2.60. The van der Waals surface area contributed by atoms with Gasteiger partial charge in [-0.25, -0.2) is 0 Å². The molecule has 0 aromatic rings. The van der Waals surface area contributed by atoms with Gasteiger partial charge in [-0.2, -0.15) is 0 Å². The molecule has 121 valence electrons. The molecular weight excluding hydrogens is 272 g/mol. The third-order valence-corrected chi connectivity index (χ3v) is 8.23. The van der Waals surface area contributed by atoms with Crippen LogP contribution in [0.5, 0.6) is 0 Å². The highest BCUT2D eigenvalue weighted by molar-refractivity contribution is 5.92. The highest BCUT2D eigenvalue weighted by Crippen LogP contribution is 2.66. The van der Waals surface area contributed by atoms with E-state index in [4.69, 9.17) is 0 Å². The van der Waals surface area contributed by atoms with Crippen molar-refractivity contribution in [2.24, 2.45) is 34.5 Å². The molecule has 0 aliphatic heterocycles. The van der Waals surface area contributed by atoms with Gasteiger partial charge in [-0.1, -0.05) is 19.4 Å². The van der Waals surface area contributed by atoms with Crippen LogP contribution >= 0.6 is 0 Å². The Labute approximate surface area is 134 Å². The fourth-order valence-electron chi connectivity index (χ4n) is 6.74. The van der Waals surface area contributed by atoms with Crippen molar-refractivity contribution in [3.8, 4) is 0 Å². The maximum absolute atomic E-state index is 12.0. The van der Waals surface area contributed by atoms with E-state index in [0.717, 1.165) is 25.2 Å². The third kappa shape index (κ3) is 1.74. The first-order valence-electron chi connectivity index (χ1n) is 9.12. The number of aliphatic hydroxyl groups is 1. The van der Waals surface area contributed by atoms with Crippen molar-refractivity contribution in [2.75, 3.05) is 0 Å². The zero-order valence-corrected chi connectivity index (χ0v) is 14.0. The second-order valence-corrected chi connectivity index (χ2v) is 8.87. The van der Waals surface area contributed by atoms with E-state index in [-0.39, 0.29) is 28.6 Å². The molecule has 0 aromatic carbocycles. The SMILES string of the molecule is [CH2]C1CC(=O)C=C2CC[C@H]3[C@@H]4CC[C@H](O)[C@@]4(C)CC[C@@H]3[C@]21C. The van der Waals surface area contributed by atoms with Gasteiger partial charge in [0.1, 0.15) is 0 Å². The van der Waals surface area contributed by atoms with E-state index < -0.39 is 0 Å². The Kier molecular flexibility index (Phi) is 3.18. The summed E-state index contributed by atoms with van der Waals surface area (Å²) in [5, 5.41) is 10.5. The van der Waals surface area contributed by atoms with Gasteiger partial charge in [0.25, 0.3) is 0 Å². The zero-order valence-electron chi connectivity index (χ0n) is 14.0. The van der Waals surface area contributed by atoms with Gasteiger partial charge >= 0.3 is 0 Å². The number of fused-ring (bicyclic) bond motifs is 5. The average molecular weight is 301 g/mol. The van der Waals surface area contributed by atoms with Crippen molar-refractivity contribution >= 4 is 5.78 Å². The normalized spacial score (nSPS) is 54.3. The molecule has 3 saturated carbocycles. The summed E-state index contributed by atoms with van der Waals surface area (Å²) in [6.07, 6.45) is 9.25. The van der Waals surface area contributed by atoms with E-state index in [1.165, 1.54) is 24.8 Å². The van der Waals surface area contributed by atoms with E-state index in [9.17, 15) is 9.90 Å². The fourth-order valence-corrected chi connectivity index (χ4v) is 6.74. The van der Waals surface area contributed by atoms with Gasteiger partial charge < -0.3 is 5.11 Å². The van der Waals surface area contributed by atoms with Crippen LogP contribution in [0, 0.1) is 41.4 Å². The van der Waals surface area contributed by atoms with Crippen LogP contribution in [0.4, 0.5) is 0 Å². The predicted octanol–water partition coefficient (Wildman–Crippen LogP) is 3.94. The largest absolute Gasteiger partial charge is 0.393 e. The molecule has 4 aliphatic carbocycles. The van der Waals surface area contributed by atoms with E-state index in [2.05, 4.69) is 20.8 Å². The van der Waals surface area contributed by atoms with Gasteiger partial charge in [0.2, 0.25) is 0 Å². The summed E-state index contributed by atoms with van der Waals surface area (Å²) in [5.74, 6) is 2.55. The molecule has 4 rings (SSSR count). The quantitative estimate of drug-likeness (QED) is 0.736. The number of ketones is 1. The van der Waals surface area contributed by atoms with Gasteiger partial charge in [0.15, 0.2) is 5.78 Å². The van der Waals surface area contributed by atoms with Crippen LogP contribution in [-0.4, -0.2) is 17.0 Å². The minimum Gasteiger partial charge on any atom is -0.393 e. The molecule has 1 unspecified atom stereocenters. The van der Waals surface area contributed by atoms with Crippen molar-refractivity contribution in [3.05, 3.63) is 18.6 Å². The van der Waals surface area contributed by atoms with Crippen molar-refractivity contribution in [2.45, 2.75) is 64.9 Å². The van der Waals surface area contributed by atoms with Crippen molar-refractivity contribution in [3.63, 3.8) is 0 Å². The molecule has 0 amide bonds. The predicted molar refractivity (Wildman–Crippen MR) is 86.9 cm³/mol. The number of rotatable bonds is 0. The number of carbonyl (C=O) groups excluding carboxylic acids is 1. The van der Waals surface area contributed by atoms with Crippen LogP contribution in [0.2, 0.25) is 0 Å². The van der Waals surface area contributed by atoms with E-state index in [0.29, 0.717) is 18.3 Å². The minimum atomic E-state index is -0.105. The van der Waals surface area contributed by atoms with E-state index >= 15 is 0 Å². The second-order valence-electron chi connectivity index (χ2n) is 8.87. The lowest BCUT2D eigenvalue weighted by molar-refractivity contribution is -0.120. The standard InChI is InChI=1S/C20H29O2/c1-12-10-14(21)11-13-4-5-15-16-6-7-18(22)19(16,2)9-8-17(15)20(12,13)3/h11-12,15-18,22H,1,4-10H2,2-3H3/t12?,15-,16-,17-,18-,19-,20-/m0/s1. The zero-order chi connectivity index (χ0) is 15.7. The minimum absolute atomic E-state index is 0.105. The first kappa shape index (κ1) is 14.9. The Balaban J connectivity index is 1.72. The van der Waals surface area contributed by atoms with Crippen LogP contribution in [0.1, 0.15) is 58.8 Å². The van der Waals surface area contributed by atoms with E-state index in [1.807, 2.05) is 6.08 Å². The summed E-state index contributed by atoms with van der Waals surface area (Å²) in [6, 6.07) is 0. The van der Waals surface area contributed by atoms with Gasteiger partial charge in [-0.05, 0) is 86.0 Å². The lowest BCUT2D eigenvalue weighted by atomic mass is 9.45. The number of allylic oxidation sites excluding steroid dienone is 1. The van der Waals surface area contributed by atoms with Crippen LogP contribution in [0.25, 0.3) is 0 Å². The molecular formula is C20H29O2. The highest BCUT2D eigenvalue weighted by atomic mass is 16.3. The van der Waals surface area contributed by atoms with Gasteiger partial charge in [-0.3, -0.25) is 4.79 Å². The van der Waals surface area contributed by atoms with Gasteiger partial charge in [-0.15, -0.1) is 0 Å². The summed E-state index contributed by atoms with van der Waals surface area (Å²) in [6.45, 7) is 9.11. The van der Waals surface area contributed by atoms with Crippen molar-refractivity contribution in [1.29, 1.82) is 0 Å². The summed E-state index contributed by atoms with van der Waals surface area (Å²) in [5.41, 5.74) is 1.64. The summed E-state index contributed by atoms with van der Waals surface area (Å²) < 4.78 is 0. The molecule has 4 aliphatic rings. The van der Waals surface area contributed by atoms with Crippen molar-refractivity contribution in [1.82, 2.24) is 0 Å². The molecule has 2 heteroatoms. The molecule has 2 nitrogen and oxygen atoms in total. The monoisotopic (exact) mass is 301 g/mol. The molecule has 0 aromatic heterocycles. The summed E-state index contributed by atoms with van der Waals surface area (Å²) in [7, 11) is 0. The van der Waals surface area contributed by atoms with Crippen LogP contribution < -0.4 is 0 Å². The number of carbonyl (C=O) groups is 1. The van der Waals surface area contributed by atoms with Crippen molar-refractivity contribution < 1.29 is 9.90 Å². The Bertz CT molecular complexity index is 536. The number of hydrogen-bond acceptors (Lipinski definition) is 2. The molecule has 0 saturated heterocycles. The number of hydrogen-bond donors (Lipinski definition) is 1. The van der Waals surface area contributed by atoms with Gasteiger partial charge in [0.05, 0.1) is 6.10 Å². The maximum atomic E-state index is 12.0. The topological polar surface area (TPSA) is 37.3 Å².